The summed E-state index contributed by atoms with van der Waals surface area (Å²) in [7, 11) is 0. The van der Waals surface area contributed by atoms with Crippen LogP contribution in [0.15, 0.2) is 24.5 Å². The third-order valence-electron chi connectivity index (χ3n) is 7.52. The highest BCUT2D eigenvalue weighted by Crippen LogP contribution is 2.46. The van der Waals surface area contributed by atoms with Gasteiger partial charge in [0.1, 0.15) is 17.8 Å². The Morgan fingerprint density at radius 2 is 1.64 bits per heavy atom. The average Bonchev–Trinajstić information content (AvgIpc) is 3.58. The van der Waals surface area contributed by atoms with Crippen molar-refractivity contribution in [1.82, 2.24) is 20.0 Å². The van der Waals surface area contributed by atoms with Gasteiger partial charge in [0.25, 0.3) is 0 Å². The Morgan fingerprint density at radius 1 is 0.970 bits per heavy atom. The number of hydrogen-bond donors (Lipinski definition) is 1. The minimum Gasteiger partial charge on any atom is -0.474 e. The van der Waals surface area contributed by atoms with Crippen LogP contribution in [0.4, 0.5) is 4.79 Å². The van der Waals surface area contributed by atoms with Gasteiger partial charge in [0.05, 0.1) is 6.20 Å². The van der Waals surface area contributed by atoms with Crippen LogP contribution in [0, 0.1) is 23.7 Å². The minimum absolute atomic E-state index is 0.274. The van der Waals surface area contributed by atoms with Crippen LogP contribution in [-0.2, 0) is 4.74 Å². The van der Waals surface area contributed by atoms with Crippen molar-refractivity contribution in [2.45, 2.75) is 89.9 Å². The maximum Gasteiger partial charge on any atom is 0.435 e. The zero-order valence-electron chi connectivity index (χ0n) is 19.9. The Kier molecular flexibility index (Phi) is 6.10. The summed E-state index contributed by atoms with van der Waals surface area (Å²) in [5, 5.41) is 10.9. The molecular weight excluding hydrogens is 420 g/mol. The van der Waals surface area contributed by atoms with Gasteiger partial charge in [-0.1, -0.05) is 0 Å². The predicted molar refractivity (Wildman–Crippen MR) is 122 cm³/mol. The molecule has 4 bridgehead atoms. The summed E-state index contributed by atoms with van der Waals surface area (Å²) < 4.78 is 18.2. The van der Waals surface area contributed by atoms with Crippen molar-refractivity contribution in [3.63, 3.8) is 0 Å². The summed E-state index contributed by atoms with van der Waals surface area (Å²) >= 11 is 0. The Balaban J connectivity index is 0.000000151. The summed E-state index contributed by atoms with van der Waals surface area (Å²) in [6.45, 7) is 5.50. The lowest BCUT2D eigenvalue weighted by molar-refractivity contribution is 0.0507. The van der Waals surface area contributed by atoms with Gasteiger partial charge < -0.3 is 14.2 Å². The number of fused-ring (bicyclic) bond motifs is 4. The minimum atomic E-state index is -0.519. The second-order valence-electron chi connectivity index (χ2n) is 11.2. The van der Waals surface area contributed by atoms with Crippen LogP contribution in [0.2, 0.25) is 0 Å². The number of nitrogens with zero attached hydrogens (tertiary/aromatic N) is 3. The van der Waals surface area contributed by atoms with E-state index in [4.69, 9.17) is 14.2 Å². The first kappa shape index (κ1) is 22.3. The van der Waals surface area contributed by atoms with E-state index in [0.717, 1.165) is 30.1 Å². The molecule has 0 aliphatic heterocycles. The number of hydrogen-bond acceptors (Lipinski definition) is 6. The van der Waals surface area contributed by atoms with Crippen molar-refractivity contribution < 1.29 is 19.0 Å². The van der Waals surface area contributed by atoms with Crippen LogP contribution in [0.3, 0.4) is 0 Å². The van der Waals surface area contributed by atoms with Gasteiger partial charge >= 0.3 is 6.09 Å². The van der Waals surface area contributed by atoms with Gasteiger partial charge in [0, 0.05) is 18.3 Å². The smallest absolute Gasteiger partial charge is 0.435 e. The van der Waals surface area contributed by atoms with E-state index in [1.54, 1.807) is 18.5 Å². The van der Waals surface area contributed by atoms with E-state index >= 15 is 0 Å². The molecule has 180 valence electrons. The molecule has 6 rings (SSSR count). The molecule has 2 aromatic rings. The summed E-state index contributed by atoms with van der Waals surface area (Å²) in [5.41, 5.74) is -0.519. The van der Waals surface area contributed by atoms with E-state index in [2.05, 4.69) is 15.3 Å². The van der Waals surface area contributed by atoms with Crippen LogP contribution >= 0.6 is 0 Å². The molecule has 0 amide bonds. The zero-order valence-corrected chi connectivity index (χ0v) is 19.9. The highest BCUT2D eigenvalue weighted by molar-refractivity contribution is 5.69. The Bertz CT molecular complexity index is 935. The van der Waals surface area contributed by atoms with E-state index < -0.39 is 11.7 Å². The first-order valence-electron chi connectivity index (χ1n) is 12.4. The van der Waals surface area contributed by atoms with E-state index in [9.17, 15) is 4.79 Å². The molecule has 0 aromatic carbocycles. The molecule has 2 heterocycles. The topological polar surface area (TPSA) is 91.3 Å². The van der Waals surface area contributed by atoms with Crippen molar-refractivity contribution in [2.75, 3.05) is 0 Å². The molecule has 4 saturated carbocycles. The molecule has 0 saturated heterocycles. The quantitative estimate of drug-likeness (QED) is 0.679. The van der Waals surface area contributed by atoms with Crippen LogP contribution in [0.5, 0.6) is 11.8 Å². The van der Waals surface area contributed by atoms with Gasteiger partial charge in [0.15, 0.2) is 0 Å². The van der Waals surface area contributed by atoms with Gasteiger partial charge in [-0.3, -0.25) is 0 Å². The Morgan fingerprint density at radius 3 is 2.15 bits per heavy atom. The molecule has 1 N–H and O–H groups in total. The number of carbonyl (C=O) groups excluding carboxylic acids is 1. The predicted octanol–water partition coefficient (Wildman–Crippen LogP) is 5.21. The van der Waals surface area contributed by atoms with E-state index in [1.807, 2.05) is 26.8 Å². The third kappa shape index (κ3) is 5.36. The fourth-order valence-corrected chi connectivity index (χ4v) is 6.07. The Labute approximate surface area is 195 Å². The molecule has 8 heteroatoms. The molecule has 0 radical (unpaired) electrons. The first-order chi connectivity index (χ1) is 15.8. The number of ether oxygens (including phenoxy) is 3. The summed E-state index contributed by atoms with van der Waals surface area (Å²) in [6.07, 6.45) is 14.1. The monoisotopic (exact) mass is 456 g/mol. The van der Waals surface area contributed by atoms with Gasteiger partial charge in [-0.2, -0.15) is 9.78 Å². The maximum absolute atomic E-state index is 11.9. The molecule has 2 aromatic heterocycles. The SMILES string of the molecule is CC(C)(C)OC(=O)n1ccc(O[C@H]2C[C@H]3CC[C@@H]2C3)n1.c1cc(O[C@H]2C[C@H]3CC[C@@H]2C3)[nH]n1. The molecule has 6 atom stereocenters. The molecule has 4 aliphatic carbocycles. The normalized spacial score (nSPS) is 31.8. The van der Waals surface area contributed by atoms with Crippen molar-refractivity contribution >= 4 is 6.09 Å². The number of aromatic amines is 1. The van der Waals surface area contributed by atoms with Crippen LogP contribution in [-0.4, -0.2) is 43.9 Å². The van der Waals surface area contributed by atoms with Crippen LogP contribution in [0.1, 0.15) is 72.1 Å². The van der Waals surface area contributed by atoms with E-state index in [1.165, 1.54) is 49.6 Å². The third-order valence-corrected chi connectivity index (χ3v) is 7.52. The lowest BCUT2D eigenvalue weighted by Gasteiger charge is -2.21. The fourth-order valence-electron chi connectivity index (χ4n) is 6.07. The largest absolute Gasteiger partial charge is 0.474 e. The number of H-pyrrole nitrogens is 1. The fraction of sp³-hybridized carbons (Fsp3) is 0.720. The van der Waals surface area contributed by atoms with Crippen molar-refractivity contribution in [3.8, 4) is 11.8 Å². The highest BCUT2D eigenvalue weighted by atomic mass is 16.6. The number of aromatic nitrogens is 4. The van der Waals surface area contributed by atoms with E-state index in [0.29, 0.717) is 17.9 Å². The Hall–Kier alpha value is -2.51. The lowest BCUT2D eigenvalue weighted by Crippen LogP contribution is -2.27. The van der Waals surface area contributed by atoms with Crippen molar-refractivity contribution in [3.05, 3.63) is 24.5 Å². The highest BCUT2D eigenvalue weighted by Gasteiger charge is 2.42. The average molecular weight is 457 g/mol. The molecule has 0 spiro atoms. The second kappa shape index (κ2) is 9.03. The van der Waals surface area contributed by atoms with Gasteiger partial charge in [-0.05, 0) is 95.8 Å². The molecule has 0 unspecified atom stereocenters. The molecule has 4 fully saturated rings. The standard InChI is InChI=1S/C15H22N2O3.C10H14N2O/c1-15(2,3)20-14(18)17-7-6-13(16-17)19-12-9-10-4-5-11(12)8-10;1-2-8-5-7(1)6-9(8)13-10-3-4-11-12-10/h6-7,10-12H,4-5,8-9H2,1-3H3;3-4,7-9H,1-2,5-6H2,(H,11,12)/t10-,11+,12-;7-,8+,9-/m00/s1. The van der Waals surface area contributed by atoms with Crippen LogP contribution < -0.4 is 9.47 Å². The number of rotatable bonds is 4. The lowest BCUT2D eigenvalue weighted by atomic mass is 9.98. The van der Waals surface area contributed by atoms with Gasteiger partial charge in [0.2, 0.25) is 11.8 Å². The summed E-state index contributed by atoms with van der Waals surface area (Å²) in [6, 6.07) is 3.63. The maximum atomic E-state index is 11.9. The molecular formula is C25H36N4O4. The molecule has 33 heavy (non-hydrogen) atoms. The second-order valence-corrected chi connectivity index (χ2v) is 11.2. The van der Waals surface area contributed by atoms with Gasteiger partial charge in [-0.15, -0.1) is 5.10 Å². The van der Waals surface area contributed by atoms with Crippen molar-refractivity contribution in [1.29, 1.82) is 0 Å². The summed E-state index contributed by atoms with van der Waals surface area (Å²) in [5.74, 6) is 4.61. The van der Waals surface area contributed by atoms with Crippen LogP contribution in [0.25, 0.3) is 0 Å². The molecule has 4 aliphatic rings. The van der Waals surface area contributed by atoms with Gasteiger partial charge in [-0.25, -0.2) is 9.89 Å². The first-order valence-corrected chi connectivity index (χ1v) is 12.4. The zero-order chi connectivity index (χ0) is 23.0. The molecule has 8 nitrogen and oxygen atoms in total. The van der Waals surface area contributed by atoms with Crippen molar-refractivity contribution in [2.24, 2.45) is 23.7 Å². The number of carbonyl (C=O) groups is 1. The number of nitrogens with one attached hydrogen (secondary N) is 1. The van der Waals surface area contributed by atoms with E-state index in [-0.39, 0.29) is 6.10 Å². The summed E-state index contributed by atoms with van der Waals surface area (Å²) in [4.78, 5) is 11.9.